The third-order valence-electron chi connectivity index (χ3n) is 4.55. The first-order valence-electron chi connectivity index (χ1n) is 8.36. The van der Waals surface area contributed by atoms with Crippen molar-refractivity contribution in [3.8, 4) is 0 Å². The van der Waals surface area contributed by atoms with Crippen LogP contribution in [-0.4, -0.2) is 34.1 Å². The molecule has 1 aromatic rings. The van der Waals surface area contributed by atoms with Gasteiger partial charge in [-0.05, 0) is 18.8 Å². The van der Waals surface area contributed by atoms with Crippen LogP contribution < -0.4 is 10.5 Å². The first kappa shape index (κ1) is 19.0. The van der Waals surface area contributed by atoms with Crippen molar-refractivity contribution in [2.75, 3.05) is 13.7 Å². The summed E-state index contributed by atoms with van der Waals surface area (Å²) >= 11 is 0. The molecule has 0 aliphatic heterocycles. The molecule has 0 saturated heterocycles. The number of esters is 1. The predicted octanol–water partition coefficient (Wildman–Crippen LogP) is 1.81. The number of hydrogen-bond donors (Lipinski definition) is 2. The van der Waals surface area contributed by atoms with Gasteiger partial charge < -0.3 is 14.9 Å². The Kier molecular flexibility index (Phi) is 6.42. The molecule has 136 valence electrons. The standard InChI is InChI=1S/C16H26N2O5S/c1-3-13-15(9-14(23-13)16(19)22-2)24(20,21)18-12(10-17)11-7-5-4-6-8-11/h9,11-12,18H,3-8,10,17H2,1-2H3. The van der Waals surface area contributed by atoms with Crippen LogP contribution in [0.1, 0.15) is 55.3 Å². The Balaban J connectivity index is 2.25. The average Bonchev–Trinajstić information content (AvgIpc) is 3.05. The lowest BCUT2D eigenvalue weighted by atomic mass is 9.84. The zero-order chi connectivity index (χ0) is 17.7. The number of nitrogens with one attached hydrogen (secondary N) is 1. The van der Waals surface area contributed by atoms with Crippen LogP contribution in [0.2, 0.25) is 0 Å². The van der Waals surface area contributed by atoms with E-state index in [0.29, 0.717) is 6.42 Å². The SMILES string of the molecule is CCc1oc(C(=O)OC)cc1S(=O)(=O)NC(CN)C1CCCCC1. The van der Waals surface area contributed by atoms with Crippen molar-refractivity contribution in [3.63, 3.8) is 0 Å². The van der Waals surface area contributed by atoms with E-state index in [9.17, 15) is 13.2 Å². The molecule has 1 heterocycles. The van der Waals surface area contributed by atoms with Gasteiger partial charge in [0, 0.05) is 25.1 Å². The Labute approximate surface area is 143 Å². The Morgan fingerprint density at radius 3 is 2.62 bits per heavy atom. The molecule has 0 amide bonds. The van der Waals surface area contributed by atoms with Gasteiger partial charge in [-0.1, -0.05) is 26.2 Å². The van der Waals surface area contributed by atoms with Crippen LogP contribution in [0.25, 0.3) is 0 Å². The molecule has 3 N–H and O–H groups in total. The summed E-state index contributed by atoms with van der Waals surface area (Å²) in [4.78, 5) is 11.6. The molecule has 0 spiro atoms. The fourth-order valence-electron chi connectivity index (χ4n) is 3.22. The molecule has 7 nitrogen and oxygen atoms in total. The van der Waals surface area contributed by atoms with Crippen LogP contribution >= 0.6 is 0 Å². The lowest BCUT2D eigenvalue weighted by Crippen LogP contribution is -2.45. The number of nitrogens with two attached hydrogens (primary N) is 1. The predicted molar refractivity (Wildman–Crippen MR) is 89.2 cm³/mol. The van der Waals surface area contributed by atoms with Crippen molar-refractivity contribution < 1.29 is 22.4 Å². The smallest absolute Gasteiger partial charge is 0.373 e. The van der Waals surface area contributed by atoms with Gasteiger partial charge in [0.15, 0.2) is 0 Å². The summed E-state index contributed by atoms with van der Waals surface area (Å²) in [5.41, 5.74) is 5.81. The molecule has 24 heavy (non-hydrogen) atoms. The van der Waals surface area contributed by atoms with Gasteiger partial charge in [-0.15, -0.1) is 0 Å². The first-order chi connectivity index (χ1) is 11.4. The quantitative estimate of drug-likeness (QED) is 0.719. The maximum atomic E-state index is 12.8. The second kappa shape index (κ2) is 8.13. The number of rotatable bonds is 7. The Morgan fingerprint density at radius 1 is 1.42 bits per heavy atom. The second-order valence-electron chi connectivity index (χ2n) is 6.10. The largest absolute Gasteiger partial charge is 0.463 e. The van der Waals surface area contributed by atoms with Gasteiger partial charge in [-0.3, -0.25) is 0 Å². The minimum atomic E-state index is -3.82. The van der Waals surface area contributed by atoms with Crippen molar-refractivity contribution in [2.45, 2.75) is 56.4 Å². The van der Waals surface area contributed by atoms with Crippen LogP contribution in [0.4, 0.5) is 0 Å². The minimum absolute atomic E-state index is 0.0142. The highest BCUT2D eigenvalue weighted by atomic mass is 32.2. The summed E-state index contributed by atoms with van der Waals surface area (Å²) in [7, 11) is -2.60. The zero-order valence-electron chi connectivity index (χ0n) is 14.2. The molecule has 0 radical (unpaired) electrons. The summed E-state index contributed by atoms with van der Waals surface area (Å²) in [5.74, 6) is -0.330. The van der Waals surface area contributed by atoms with Crippen molar-refractivity contribution in [1.29, 1.82) is 0 Å². The van der Waals surface area contributed by atoms with Crippen molar-refractivity contribution in [3.05, 3.63) is 17.6 Å². The van der Waals surface area contributed by atoms with Gasteiger partial charge in [0.1, 0.15) is 10.7 Å². The number of carbonyl (C=O) groups excluding carboxylic acids is 1. The zero-order valence-corrected chi connectivity index (χ0v) is 15.0. The van der Waals surface area contributed by atoms with Gasteiger partial charge in [0.05, 0.1) is 7.11 Å². The molecule has 1 aliphatic rings. The average molecular weight is 358 g/mol. The Hall–Kier alpha value is -1.38. The summed E-state index contributed by atoms with van der Waals surface area (Å²) in [6, 6.07) is 0.915. The molecule has 1 saturated carbocycles. The topological polar surface area (TPSA) is 112 Å². The van der Waals surface area contributed by atoms with Gasteiger partial charge in [-0.2, -0.15) is 0 Å². The Bertz CT molecular complexity index is 662. The minimum Gasteiger partial charge on any atom is -0.463 e. The van der Waals surface area contributed by atoms with Crippen molar-refractivity contribution in [1.82, 2.24) is 4.72 Å². The lowest BCUT2D eigenvalue weighted by Gasteiger charge is -2.29. The van der Waals surface area contributed by atoms with E-state index in [1.165, 1.54) is 19.6 Å². The van der Waals surface area contributed by atoms with E-state index in [4.69, 9.17) is 10.2 Å². The second-order valence-corrected chi connectivity index (χ2v) is 7.79. The Morgan fingerprint density at radius 2 is 2.08 bits per heavy atom. The fourth-order valence-corrected chi connectivity index (χ4v) is 4.79. The molecule has 1 fully saturated rings. The molecule has 1 atom stereocenters. The van der Waals surface area contributed by atoms with Gasteiger partial charge in [0.2, 0.25) is 15.8 Å². The lowest BCUT2D eigenvalue weighted by molar-refractivity contribution is 0.0563. The summed E-state index contributed by atoms with van der Waals surface area (Å²) in [6.07, 6.45) is 5.69. The molecule has 8 heteroatoms. The molecular weight excluding hydrogens is 332 g/mol. The van der Waals surface area contributed by atoms with Crippen LogP contribution in [0.3, 0.4) is 0 Å². The number of ether oxygens (including phenoxy) is 1. The monoisotopic (exact) mass is 358 g/mol. The number of hydrogen-bond acceptors (Lipinski definition) is 6. The van der Waals surface area contributed by atoms with Crippen LogP contribution in [-0.2, 0) is 21.2 Å². The highest BCUT2D eigenvalue weighted by Crippen LogP contribution is 2.28. The first-order valence-corrected chi connectivity index (χ1v) is 9.84. The molecule has 1 unspecified atom stereocenters. The maximum Gasteiger partial charge on any atom is 0.373 e. The highest BCUT2D eigenvalue weighted by molar-refractivity contribution is 7.89. The third kappa shape index (κ3) is 4.17. The molecule has 2 rings (SSSR count). The van der Waals surface area contributed by atoms with E-state index < -0.39 is 16.0 Å². The van der Waals surface area contributed by atoms with E-state index in [1.54, 1.807) is 6.92 Å². The molecule has 0 bridgehead atoms. The van der Waals surface area contributed by atoms with Crippen LogP contribution in [0.5, 0.6) is 0 Å². The summed E-state index contributed by atoms with van der Waals surface area (Å²) < 4.78 is 38.2. The van der Waals surface area contributed by atoms with E-state index >= 15 is 0 Å². The van der Waals surface area contributed by atoms with E-state index in [0.717, 1.165) is 25.7 Å². The molecule has 1 aliphatic carbocycles. The summed E-state index contributed by atoms with van der Waals surface area (Å²) in [6.45, 7) is 2.01. The third-order valence-corrected chi connectivity index (χ3v) is 6.08. The van der Waals surface area contributed by atoms with E-state index in [1.807, 2.05) is 0 Å². The van der Waals surface area contributed by atoms with E-state index in [-0.39, 0.29) is 34.9 Å². The molecule has 1 aromatic heterocycles. The molecular formula is C16H26N2O5S. The van der Waals surface area contributed by atoms with Crippen LogP contribution in [0.15, 0.2) is 15.4 Å². The van der Waals surface area contributed by atoms with Crippen molar-refractivity contribution >= 4 is 16.0 Å². The van der Waals surface area contributed by atoms with Gasteiger partial charge >= 0.3 is 5.97 Å². The number of sulfonamides is 1. The highest BCUT2D eigenvalue weighted by Gasteiger charge is 2.31. The van der Waals surface area contributed by atoms with Crippen molar-refractivity contribution in [2.24, 2.45) is 11.7 Å². The van der Waals surface area contributed by atoms with Crippen LogP contribution in [0, 0.1) is 5.92 Å². The van der Waals surface area contributed by atoms with Gasteiger partial charge in [0.25, 0.3) is 0 Å². The number of carbonyl (C=O) groups is 1. The maximum absolute atomic E-state index is 12.8. The normalized spacial score (nSPS) is 17.6. The number of methoxy groups -OCH3 is 1. The summed E-state index contributed by atoms with van der Waals surface area (Å²) in [5, 5.41) is 0. The van der Waals surface area contributed by atoms with Gasteiger partial charge in [-0.25, -0.2) is 17.9 Å². The number of aryl methyl sites for hydroxylation is 1. The molecule has 0 aromatic carbocycles. The van der Waals surface area contributed by atoms with E-state index in [2.05, 4.69) is 9.46 Å². The number of furan rings is 1. The fraction of sp³-hybridized carbons (Fsp3) is 0.688.